The van der Waals surface area contributed by atoms with E-state index in [-0.39, 0.29) is 0 Å². The predicted molar refractivity (Wildman–Crippen MR) is 76.4 cm³/mol. The van der Waals surface area contributed by atoms with Crippen LogP contribution in [0.3, 0.4) is 0 Å². The third-order valence-corrected chi connectivity index (χ3v) is 3.70. The summed E-state index contributed by atoms with van der Waals surface area (Å²) < 4.78 is 0.316. The van der Waals surface area contributed by atoms with Crippen LogP contribution in [-0.4, -0.2) is 20.5 Å². The number of aromatic nitrogens is 2. The normalized spacial score (nSPS) is 12.2. The Hall–Kier alpha value is -1.16. The number of nitrogens with zero attached hydrogens (tertiary/aromatic N) is 1. The molecule has 0 fully saturated rings. The molecule has 0 radical (unpaired) electrons. The molecule has 3 nitrogen and oxygen atoms in total. The van der Waals surface area contributed by atoms with E-state index in [9.17, 15) is 0 Å². The van der Waals surface area contributed by atoms with Crippen molar-refractivity contribution in [2.45, 2.75) is 31.9 Å². The second kappa shape index (κ2) is 4.61. The van der Waals surface area contributed by atoms with Crippen molar-refractivity contribution in [1.82, 2.24) is 9.97 Å². The monoisotopic (exact) mass is 249 g/mol. The van der Waals surface area contributed by atoms with Gasteiger partial charge in [-0.15, -0.1) is 0 Å². The Morgan fingerprint density at radius 3 is 2.82 bits per heavy atom. The highest BCUT2D eigenvalue weighted by Gasteiger charge is 2.10. The largest absolute Gasteiger partial charge is 0.399 e. The molecular weight excluding hydrogens is 230 g/mol. The Morgan fingerprint density at radius 2 is 2.12 bits per heavy atom. The molecule has 4 heteroatoms. The van der Waals surface area contributed by atoms with E-state index in [2.05, 4.69) is 30.7 Å². The third-order valence-electron chi connectivity index (χ3n) is 2.43. The Bertz CT molecular complexity index is 511. The number of fused-ring (bicyclic) bond motifs is 1. The number of thioether (sulfide) groups is 1. The summed E-state index contributed by atoms with van der Waals surface area (Å²) in [7, 11) is 0. The lowest BCUT2D eigenvalue weighted by Gasteiger charge is -2.16. The van der Waals surface area contributed by atoms with Crippen LogP contribution in [0.5, 0.6) is 0 Å². The zero-order valence-electron chi connectivity index (χ0n) is 10.6. The van der Waals surface area contributed by atoms with E-state index in [1.165, 1.54) is 0 Å². The molecule has 1 aromatic heterocycles. The highest BCUT2D eigenvalue weighted by molar-refractivity contribution is 8.00. The number of aromatic amines is 1. The first-order valence-corrected chi connectivity index (χ1v) is 6.81. The molecular formula is C13H19N3S. The molecule has 17 heavy (non-hydrogen) atoms. The number of imidazole rings is 1. The number of nitrogens with one attached hydrogen (secondary N) is 1. The first-order chi connectivity index (χ1) is 7.94. The number of hydrogen-bond acceptors (Lipinski definition) is 3. The fourth-order valence-corrected chi connectivity index (χ4v) is 2.56. The lowest BCUT2D eigenvalue weighted by atomic mass is 10.3. The molecule has 0 aliphatic carbocycles. The summed E-state index contributed by atoms with van der Waals surface area (Å²) in [5.41, 5.74) is 8.54. The Kier molecular flexibility index (Phi) is 3.33. The number of aryl methyl sites for hydroxylation is 1. The summed E-state index contributed by atoms with van der Waals surface area (Å²) in [6.07, 6.45) is 0.969. The first kappa shape index (κ1) is 12.3. The summed E-state index contributed by atoms with van der Waals surface area (Å²) in [6.45, 7) is 6.70. The van der Waals surface area contributed by atoms with Gasteiger partial charge < -0.3 is 10.7 Å². The van der Waals surface area contributed by atoms with Gasteiger partial charge in [-0.3, -0.25) is 0 Å². The smallest absolute Gasteiger partial charge is 0.108 e. The molecule has 0 unspecified atom stereocenters. The molecule has 0 amide bonds. The van der Waals surface area contributed by atoms with Gasteiger partial charge >= 0.3 is 0 Å². The molecule has 0 bridgehead atoms. The van der Waals surface area contributed by atoms with Gasteiger partial charge in [-0.1, -0.05) is 20.8 Å². The highest BCUT2D eigenvalue weighted by atomic mass is 32.2. The second-order valence-corrected chi connectivity index (χ2v) is 7.09. The molecule has 0 saturated carbocycles. The molecule has 0 aliphatic heterocycles. The summed E-state index contributed by atoms with van der Waals surface area (Å²) in [5.74, 6) is 2.13. The summed E-state index contributed by atoms with van der Waals surface area (Å²) in [5, 5.41) is 0. The van der Waals surface area contributed by atoms with E-state index < -0.39 is 0 Å². The van der Waals surface area contributed by atoms with Gasteiger partial charge in [0.15, 0.2) is 0 Å². The van der Waals surface area contributed by atoms with Crippen molar-refractivity contribution in [3.63, 3.8) is 0 Å². The first-order valence-electron chi connectivity index (χ1n) is 5.82. The maximum atomic E-state index is 5.74. The fraction of sp³-hybridized carbons (Fsp3) is 0.462. The van der Waals surface area contributed by atoms with E-state index in [1.54, 1.807) is 0 Å². The van der Waals surface area contributed by atoms with Gasteiger partial charge in [0.1, 0.15) is 5.82 Å². The number of nitrogens with two attached hydrogens (primary N) is 1. The maximum absolute atomic E-state index is 5.74. The molecule has 0 atom stereocenters. The molecule has 1 aromatic carbocycles. The van der Waals surface area contributed by atoms with Crippen LogP contribution in [0.4, 0.5) is 5.69 Å². The molecule has 1 heterocycles. The Labute approximate surface area is 106 Å². The number of hydrogen-bond donors (Lipinski definition) is 2. The fourth-order valence-electron chi connectivity index (χ4n) is 1.65. The molecule has 3 N–H and O–H groups in total. The third kappa shape index (κ3) is 3.40. The van der Waals surface area contributed by atoms with Crippen LogP contribution in [0.1, 0.15) is 26.6 Å². The topological polar surface area (TPSA) is 54.7 Å². The van der Waals surface area contributed by atoms with Crippen molar-refractivity contribution in [3.8, 4) is 0 Å². The van der Waals surface area contributed by atoms with E-state index in [4.69, 9.17) is 5.73 Å². The van der Waals surface area contributed by atoms with Gasteiger partial charge in [-0.05, 0) is 18.2 Å². The minimum Gasteiger partial charge on any atom is -0.399 e. The standard InChI is InChI=1S/C13H19N3S/c1-13(2,3)17-7-6-12-15-10-5-4-9(14)8-11(10)16-12/h4-5,8H,6-7,14H2,1-3H3,(H,15,16). The van der Waals surface area contributed by atoms with Gasteiger partial charge in [-0.2, -0.15) is 11.8 Å². The Morgan fingerprint density at radius 1 is 1.35 bits per heavy atom. The van der Waals surface area contributed by atoms with Crippen molar-refractivity contribution < 1.29 is 0 Å². The average Bonchev–Trinajstić information content (AvgIpc) is 2.57. The molecule has 2 rings (SSSR count). The van der Waals surface area contributed by atoms with Crippen molar-refractivity contribution in [2.24, 2.45) is 0 Å². The zero-order valence-corrected chi connectivity index (χ0v) is 11.4. The van der Waals surface area contributed by atoms with Gasteiger partial charge in [0, 0.05) is 22.6 Å². The predicted octanol–water partition coefficient (Wildman–Crippen LogP) is 3.22. The molecule has 0 saturated heterocycles. The van der Waals surface area contributed by atoms with Crippen LogP contribution < -0.4 is 5.73 Å². The minimum absolute atomic E-state index is 0.316. The second-order valence-electron chi connectivity index (χ2n) is 5.17. The number of nitrogen functional groups attached to an aromatic ring is 1. The number of H-pyrrole nitrogens is 1. The summed E-state index contributed by atoms with van der Waals surface area (Å²) >= 11 is 1.96. The van der Waals surface area contributed by atoms with E-state index in [1.807, 2.05) is 30.0 Å². The lowest BCUT2D eigenvalue weighted by molar-refractivity contribution is 0.800. The van der Waals surface area contributed by atoms with Gasteiger partial charge in [0.05, 0.1) is 11.0 Å². The van der Waals surface area contributed by atoms with Crippen LogP contribution in [0.2, 0.25) is 0 Å². The molecule has 0 aliphatic rings. The van der Waals surface area contributed by atoms with Gasteiger partial charge in [0.2, 0.25) is 0 Å². The minimum atomic E-state index is 0.316. The lowest BCUT2D eigenvalue weighted by Crippen LogP contribution is -2.09. The maximum Gasteiger partial charge on any atom is 0.108 e. The van der Waals surface area contributed by atoms with Crippen LogP contribution in [0.15, 0.2) is 18.2 Å². The summed E-state index contributed by atoms with van der Waals surface area (Å²) in [6, 6.07) is 5.78. The number of rotatable bonds is 3. The Balaban J connectivity index is 2.05. The van der Waals surface area contributed by atoms with Crippen molar-refractivity contribution in [3.05, 3.63) is 24.0 Å². The average molecular weight is 249 g/mol. The van der Waals surface area contributed by atoms with E-state index >= 15 is 0 Å². The summed E-state index contributed by atoms with van der Waals surface area (Å²) in [4.78, 5) is 7.87. The molecule has 92 valence electrons. The van der Waals surface area contributed by atoms with Crippen LogP contribution in [-0.2, 0) is 6.42 Å². The van der Waals surface area contributed by atoms with Crippen molar-refractivity contribution >= 4 is 28.5 Å². The zero-order chi connectivity index (χ0) is 12.5. The molecule has 2 aromatic rings. The van der Waals surface area contributed by atoms with E-state index in [0.717, 1.165) is 34.7 Å². The quantitative estimate of drug-likeness (QED) is 0.821. The van der Waals surface area contributed by atoms with Crippen LogP contribution >= 0.6 is 11.8 Å². The molecule has 0 spiro atoms. The van der Waals surface area contributed by atoms with Gasteiger partial charge in [0.25, 0.3) is 0 Å². The van der Waals surface area contributed by atoms with Gasteiger partial charge in [-0.25, -0.2) is 4.98 Å². The van der Waals surface area contributed by atoms with Crippen molar-refractivity contribution in [1.29, 1.82) is 0 Å². The van der Waals surface area contributed by atoms with Crippen LogP contribution in [0.25, 0.3) is 11.0 Å². The number of anilines is 1. The van der Waals surface area contributed by atoms with E-state index in [0.29, 0.717) is 4.75 Å². The van der Waals surface area contributed by atoms with Crippen LogP contribution in [0, 0.1) is 0 Å². The number of benzene rings is 1. The SMILES string of the molecule is CC(C)(C)SCCc1nc2ccc(N)cc2[nH]1. The van der Waals surface area contributed by atoms with Crippen molar-refractivity contribution in [2.75, 3.05) is 11.5 Å². The highest BCUT2D eigenvalue weighted by Crippen LogP contribution is 2.24.